The van der Waals surface area contributed by atoms with Gasteiger partial charge in [-0.25, -0.2) is 0 Å². The summed E-state index contributed by atoms with van der Waals surface area (Å²) in [6.45, 7) is 3.83. The summed E-state index contributed by atoms with van der Waals surface area (Å²) in [6.07, 6.45) is 2.23. The fourth-order valence-electron chi connectivity index (χ4n) is 2.58. The van der Waals surface area contributed by atoms with Crippen molar-refractivity contribution < 1.29 is 29.6 Å². The smallest absolute Gasteiger partial charge is 0.200 e. The van der Waals surface area contributed by atoms with Crippen LogP contribution in [0.2, 0.25) is 0 Å². The number of phenols is 3. The first-order valence-electron chi connectivity index (χ1n) is 7.97. The Morgan fingerprint density at radius 3 is 2.27 bits per heavy atom. The highest BCUT2D eigenvalue weighted by molar-refractivity contribution is 6.13. The van der Waals surface area contributed by atoms with Gasteiger partial charge in [-0.15, -0.1) is 0 Å². The van der Waals surface area contributed by atoms with Crippen LogP contribution in [0.15, 0.2) is 35.9 Å². The summed E-state index contributed by atoms with van der Waals surface area (Å²) in [7, 11) is 2.74. The van der Waals surface area contributed by atoms with Crippen LogP contribution in [0.5, 0.6) is 28.7 Å². The number of ether oxygens (including phenoxy) is 2. The van der Waals surface area contributed by atoms with Crippen molar-refractivity contribution in [3.8, 4) is 28.7 Å². The number of benzene rings is 2. The van der Waals surface area contributed by atoms with Crippen molar-refractivity contribution in [2.45, 2.75) is 20.3 Å². The van der Waals surface area contributed by atoms with Gasteiger partial charge in [0, 0.05) is 17.2 Å². The van der Waals surface area contributed by atoms with Crippen LogP contribution in [-0.4, -0.2) is 35.3 Å². The molecule has 0 unspecified atom stereocenters. The highest BCUT2D eigenvalue weighted by atomic mass is 16.5. The molecule has 6 heteroatoms. The Hall–Kier alpha value is -3.15. The summed E-state index contributed by atoms with van der Waals surface area (Å²) in [5.41, 5.74) is 1.58. The maximum absolute atomic E-state index is 13.0. The zero-order valence-corrected chi connectivity index (χ0v) is 15.2. The topological polar surface area (TPSA) is 96.2 Å². The van der Waals surface area contributed by atoms with E-state index in [1.54, 1.807) is 0 Å². The van der Waals surface area contributed by atoms with Crippen molar-refractivity contribution in [3.63, 3.8) is 0 Å². The van der Waals surface area contributed by atoms with Crippen molar-refractivity contribution in [1.29, 1.82) is 0 Å². The van der Waals surface area contributed by atoms with E-state index >= 15 is 0 Å². The van der Waals surface area contributed by atoms with Crippen LogP contribution in [0.1, 0.15) is 35.3 Å². The van der Waals surface area contributed by atoms with E-state index in [-0.39, 0.29) is 34.1 Å². The predicted molar refractivity (Wildman–Crippen MR) is 97.5 cm³/mol. The van der Waals surface area contributed by atoms with Gasteiger partial charge in [0.25, 0.3) is 0 Å². The molecule has 0 aliphatic heterocycles. The molecule has 0 atom stereocenters. The van der Waals surface area contributed by atoms with Crippen molar-refractivity contribution in [2.24, 2.45) is 0 Å². The second kappa shape index (κ2) is 7.82. The number of ketones is 1. The highest BCUT2D eigenvalue weighted by Gasteiger charge is 2.25. The van der Waals surface area contributed by atoms with Gasteiger partial charge < -0.3 is 24.8 Å². The van der Waals surface area contributed by atoms with Crippen molar-refractivity contribution >= 4 is 5.78 Å². The summed E-state index contributed by atoms with van der Waals surface area (Å²) in [5, 5.41) is 30.1. The van der Waals surface area contributed by atoms with Crippen LogP contribution in [0.25, 0.3) is 0 Å². The Balaban J connectivity index is 2.62. The molecule has 0 aliphatic carbocycles. The number of carbonyl (C=O) groups is 1. The Labute approximate surface area is 151 Å². The first-order chi connectivity index (χ1) is 12.3. The molecule has 26 heavy (non-hydrogen) atoms. The number of aromatic hydroxyl groups is 3. The van der Waals surface area contributed by atoms with Gasteiger partial charge in [-0.1, -0.05) is 11.6 Å². The quantitative estimate of drug-likeness (QED) is 0.540. The average Bonchev–Trinajstić information content (AvgIpc) is 2.59. The largest absolute Gasteiger partial charge is 0.507 e. The van der Waals surface area contributed by atoms with E-state index in [0.717, 1.165) is 11.6 Å². The van der Waals surface area contributed by atoms with E-state index in [1.165, 1.54) is 32.4 Å². The molecule has 138 valence electrons. The van der Waals surface area contributed by atoms with E-state index in [9.17, 15) is 20.1 Å². The van der Waals surface area contributed by atoms with E-state index < -0.39 is 11.5 Å². The fraction of sp³-hybridized carbons (Fsp3) is 0.250. The van der Waals surface area contributed by atoms with Crippen LogP contribution in [0.4, 0.5) is 0 Å². The van der Waals surface area contributed by atoms with Gasteiger partial charge in [0.05, 0.1) is 14.2 Å². The van der Waals surface area contributed by atoms with Crippen molar-refractivity contribution in [2.75, 3.05) is 14.2 Å². The summed E-state index contributed by atoms with van der Waals surface area (Å²) in [6, 6.07) is 5.25. The molecular weight excluding hydrogens is 336 g/mol. The molecule has 0 spiro atoms. The minimum atomic E-state index is -0.517. The Morgan fingerprint density at radius 2 is 1.69 bits per heavy atom. The first kappa shape index (κ1) is 19.2. The van der Waals surface area contributed by atoms with Gasteiger partial charge in [-0.2, -0.15) is 0 Å². The lowest BCUT2D eigenvalue weighted by Crippen LogP contribution is -2.07. The lowest BCUT2D eigenvalue weighted by atomic mass is 9.96. The van der Waals surface area contributed by atoms with Gasteiger partial charge >= 0.3 is 0 Å². The molecule has 0 radical (unpaired) electrons. The Bertz CT molecular complexity index is 863. The lowest BCUT2D eigenvalue weighted by molar-refractivity contribution is 0.103. The lowest BCUT2D eigenvalue weighted by Gasteiger charge is -2.16. The summed E-state index contributed by atoms with van der Waals surface area (Å²) in [5.74, 6) is -0.921. The molecule has 2 aromatic rings. The SMILES string of the molecule is COc1cc(C(=O)c2c(O)cc(O)c(CC=C(C)C)c2OC)ccc1O. The van der Waals surface area contributed by atoms with Crippen LogP contribution in [0, 0.1) is 0 Å². The number of allylic oxidation sites excluding steroid dienone is 2. The molecule has 3 N–H and O–H groups in total. The third kappa shape index (κ3) is 3.74. The van der Waals surface area contributed by atoms with Gasteiger partial charge in [-0.3, -0.25) is 4.79 Å². The molecule has 6 nitrogen and oxygen atoms in total. The normalized spacial score (nSPS) is 10.3. The maximum atomic E-state index is 13.0. The van der Waals surface area contributed by atoms with E-state index in [1.807, 2.05) is 19.9 Å². The summed E-state index contributed by atoms with van der Waals surface area (Å²) >= 11 is 0. The Kier molecular flexibility index (Phi) is 5.77. The first-order valence-corrected chi connectivity index (χ1v) is 7.97. The highest BCUT2D eigenvalue weighted by Crippen LogP contribution is 2.40. The number of hydrogen-bond acceptors (Lipinski definition) is 6. The zero-order valence-electron chi connectivity index (χ0n) is 15.2. The van der Waals surface area contributed by atoms with Crippen LogP contribution in [0.3, 0.4) is 0 Å². The molecule has 0 heterocycles. The molecule has 2 rings (SSSR count). The van der Waals surface area contributed by atoms with E-state index in [2.05, 4.69) is 0 Å². The number of carbonyl (C=O) groups excluding carboxylic acids is 1. The molecule has 0 bridgehead atoms. The monoisotopic (exact) mass is 358 g/mol. The standard InChI is InChI=1S/C20H22O6/c1-11(2)5-7-13-15(22)10-16(23)18(20(13)26-4)19(24)12-6-8-14(21)17(9-12)25-3/h5-6,8-10,21-23H,7H2,1-4H3. The fourth-order valence-corrected chi connectivity index (χ4v) is 2.58. The second-order valence-electron chi connectivity index (χ2n) is 6.00. The van der Waals surface area contributed by atoms with Gasteiger partial charge in [0.2, 0.25) is 5.78 Å². The minimum absolute atomic E-state index is 0.0600. The van der Waals surface area contributed by atoms with Crippen molar-refractivity contribution in [1.82, 2.24) is 0 Å². The number of hydrogen-bond donors (Lipinski definition) is 3. The van der Waals surface area contributed by atoms with Crippen LogP contribution < -0.4 is 9.47 Å². The van der Waals surface area contributed by atoms with E-state index in [0.29, 0.717) is 12.0 Å². The van der Waals surface area contributed by atoms with Crippen LogP contribution >= 0.6 is 0 Å². The molecule has 0 fully saturated rings. The molecule has 0 saturated heterocycles. The number of methoxy groups -OCH3 is 2. The van der Waals surface area contributed by atoms with E-state index in [4.69, 9.17) is 9.47 Å². The predicted octanol–water partition coefficient (Wildman–Crippen LogP) is 3.56. The average molecular weight is 358 g/mol. The Morgan fingerprint density at radius 1 is 1.00 bits per heavy atom. The summed E-state index contributed by atoms with van der Waals surface area (Å²) in [4.78, 5) is 13.0. The maximum Gasteiger partial charge on any atom is 0.200 e. The van der Waals surface area contributed by atoms with Gasteiger partial charge in [0.15, 0.2) is 11.5 Å². The van der Waals surface area contributed by atoms with Gasteiger partial charge in [-0.05, 0) is 38.5 Å². The molecule has 0 aromatic heterocycles. The molecule has 2 aromatic carbocycles. The molecular formula is C20H22O6. The molecule has 0 aliphatic rings. The zero-order chi connectivity index (χ0) is 19.4. The molecule has 0 saturated carbocycles. The summed E-state index contributed by atoms with van der Waals surface area (Å²) < 4.78 is 10.4. The minimum Gasteiger partial charge on any atom is -0.507 e. The number of phenolic OH excluding ortho intramolecular Hbond substituents is 3. The van der Waals surface area contributed by atoms with Crippen LogP contribution in [-0.2, 0) is 6.42 Å². The molecule has 0 amide bonds. The second-order valence-corrected chi connectivity index (χ2v) is 6.00. The van der Waals surface area contributed by atoms with Crippen molar-refractivity contribution in [3.05, 3.63) is 52.6 Å². The third-order valence-corrected chi connectivity index (χ3v) is 3.93. The third-order valence-electron chi connectivity index (χ3n) is 3.93. The number of rotatable bonds is 6. The van der Waals surface area contributed by atoms with Gasteiger partial charge in [0.1, 0.15) is 22.8 Å².